The molecule has 1 aliphatic rings. The van der Waals surface area contributed by atoms with Gasteiger partial charge < -0.3 is 15.5 Å². The Morgan fingerprint density at radius 1 is 1.04 bits per heavy atom. The SMILES string of the molecule is Cc1ccc(C(=O)N2CCN(C(=O)CCCCCCN)CC2)cc1F.Cl. The summed E-state index contributed by atoms with van der Waals surface area (Å²) in [6.45, 7) is 4.45. The number of nitrogens with two attached hydrogens (primary N) is 1. The molecule has 1 aromatic carbocycles. The number of nitrogens with zero attached hydrogens (tertiary/aromatic N) is 2. The van der Waals surface area contributed by atoms with E-state index in [-0.39, 0.29) is 30.0 Å². The molecule has 1 aliphatic heterocycles. The van der Waals surface area contributed by atoms with Gasteiger partial charge >= 0.3 is 0 Å². The van der Waals surface area contributed by atoms with Crippen molar-refractivity contribution >= 4 is 24.2 Å². The molecule has 5 nitrogen and oxygen atoms in total. The predicted octanol–water partition coefficient (Wildman–Crippen LogP) is 2.75. The monoisotopic (exact) mass is 385 g/mol. The van der Waals surface area contributed by atoms with Crippen LogP contribution in [-0.4, -0.2) is 54.3 Å². The van der Waals surface area contributed by atoms with Crippen LogP contribution >= 0.6 is 12.4 Å². The summed E-state index contributed by atoms with van der Waals surface area (Å²) < 4.78 is 13.6. The van der Waals surface area contributed by atoms with Gasteiger partial charge in [-0.15, -0.1) is 12.4 Å². The van der Waals surface area contributed by atoms with Crippen LogP contribution in [0.25, 0.3) is 0 Å². The van der Waals surface area contributed by atoms with Gasteiger partial charge in [0, 0.05) is 38.2 Å². The first-order chi connectivity index (χ1) is 12.0. The lowest BCUT2D eigenvalue weighted by molar-refractivity contribution is -0.132. The van der Waals surface area contributed by atoms with Gasteiger partial charge in [0.15, 0.2) is 0 Å². The van der Waals surface area contributed by atoms with Crippen molar-refractivity contribution in [2.24, 2.45) is 5.73 Å². The standard InChI is InChI=1S/C19H28FN3O2.ClH/c1-15-7-8-16(14-17(15)20)19(25)23-12-10-22(11-13-23)18(24)6-4-2-3-5-9-21;/h7-8,14H,2-6,9-13,21H2,1H3;1H. The number of amides is 2. The first kappa shape index (κ1) is 22.4. The van der Waals surface area contributed by atoms with Crippen LogP contribution in [0, 0.1) is 12.7 Å². The Hall–Kier alpha value is -1.66. The molecule has 0 unspecified atom stereocenters. The molecule has 2 rings (SSSR count). The number of carbonyl (C=O) groups is 2. The van der Waals surface area contributed by atoms with E-state index in [4.69, 9.17) is 5.73 Å². The van der Waals surface area contributed by atoms with Gasteiger partial charge in [-0.05, 0) is 44.0 Å². The molecule has 7 heteroatoms. The molecule has 1 heterocycles. The van der Waals surface area contributed by atoms with E-state index in [1.165, 1.54) is 6.07 Å². The zero-order chi connectivity index (χ0) is 18.2. The van der Waals surface area contributed by atoms with Crippen LogP contribution in [0.2, 0.25) is 0 Å². The van der Waals surface area contributed by atoms with Crippen molar-refractivity contribution in [3.63, 3.8) is 0 Å². The molecule has 0 spiro atoms. The second-order valence-electron chi connectivity index (χ2n) is 6.59. The topological polar surface area (TPSA) is 66.6 Å². The summed E-state index contributed by atoms with van der Waals surface area (Å²) in [4.78, 5) is 28.2. The molecule has 0 aromatic heterocycles. The summed E-state index contributed by atoms with van der Waals surface area (Å²) in [5, 5.41) is 0. The molecule has 26 heavy (non-hydrogen) atoms. The molecule has 0 radical (unpaired) electrons. The van der Waals surface area contributed by atoms with E-state index in [9.17, 15) is 14.0 Å². The summed E-state index contributed by atoms with van der Waals surface area (Å²) in [5.41, 5.74) is 6.34. The molecule has 0 atom stereocenters. The number of piperazine rings is 1. The summed E-state index contributed by atoms with van der Waals surface area (Å²) in [5.74, 6) is -0.386. The maximum absolute atomic E-state index is 13.6. The Labute approximate surface area is 161 Å². The minimum absolute atomic E-state index is 0. The number of rotatable bonds is 7. The molecule has 1 aromatic rings. The van der Waals surface area contributed by atoms with Crippen LogP contribution in [-0.2, 0) is 4.79 Å². The number of unbranched alkanes of at least 4 members (excludes halogenated alkanes) is 3. The first-order valence-corrected chi connectivity index (χ1v) is 9.06. The molecular weight excluding hydrogens is 357 g/mol. The van der Waals surface area contributed by atoms with Crippen molar-refractivity contribution in [3.8, 4) is 0 Å². The lowest BCUT2D eigenvalue weighted by Gasteiger charge is -2.35. The Balaban J connectivity index is 0.00000338. The molecule has 1 saturated heterocycles. The lowest BCUT2D eigenvalue weighted by atomic mass is 10.1. The predicted molar refractivity (Wildman–Crippen MR) is 103 cm³/mol. The van der Waals surface area contributed by atoms with Crippen molar-refractivity contribution in [1.82, 2.24) is 9.80 Å². The van der Waals surface area contributed by atoms with Gasteiger partial charge in [-0.3, -0.25) is 9.59 Å². The van der Waals surface area contributed by atoms with Gasteiger partial charge in [-0.2, -0.15) is 0 Å². The Morgan fingerprint density at radius 3 is 2.27 bits per heavy atom. The van der Waals surface area contributed by atoms with Crippen molar-refractivity contribution in [2.75, 3.05) is 32.7 Å². The minimum Gasteiger partial charge on any atom is -0.339 e. The van der Waals surface area contributed by atoms with Crippen molar-refractivity contribution in [2.45, 2.75) is 39.0 Å². The highest BCUT2D eigenvalue weighted by atomic mass is 35.5. The first-order valence-electron chi connectivity index (χ1n) is 9.06. The van der Waals surface area contributed by atoms with Crippen molar-refractivity contribution in [3.05, 3.63) is 35.1 Å². The van der Waals surface area contributed by atoms with Crippen LogP contribution in [0.5, 0.6) is 0 Å². The van der Waals surface area contributed by atoms with E-state index in [1.54, 1.807) is 24.0 Å². The van der Waals surface area contributed by atoms with Crippen molar-refractivity contribution in [1.29, 1.82) is 0 Å². The summed E-state index contributed by atoms with van der Waals surface area (Å²) in [6.07, 6.45) is 4.55. The molecule has 0 bridgehead atoms. The number of carbonyl (C=O) groups excluding carboxylic acids is 2. The van der Waals surface area contributed by atoms with Gasteiger partial charge in [0.25, 0.3) is 5.91 Å². The molecule has 0 saturated carbocycles. The van der Waals surface area contributed by atoms with E-state index < -0.39 is 0 Å². The zero-order valence-corrected chi connectivity index (χ0v) is 16.2. The molecule has 2 amide bonds. The van der Waals surface area contributed by atoms with Crippen LogP contribution in [0.15, 0.2) is 18.2 Å². The molecule has 2 N–H and O–H groups in total. The highest BCUT2D eigenvalue weighted by molar-refractivity contribution is 5.94. The third-order valence-electron chi connectivity index (χ3n) is 4.68. The summed E-state index contributed by atoms with van der Waals surface area (Å²) in [7, 11) is 0. The second-order valence-corrected chi connectivity index (χ2v) is 6.59. The smallest absolute Gasteiger partial charge is 0.254 e. The maximum atomic E-state index is 13.6. The van der Waals surface area contributed by atoms with Crippen LogP contribution < -0.4 is 5.73 Å². The van der Waals surface area contributed by atoms with Gasteiger partial charge in [-0.1, -0.05) is 18.9 Å². The summed E-state index contributed by atoms with van der Waals surface area (Å²) >= 11 is 0. The number of aryl methyl sites for hydroxylation is 1. The van der Waals surface area contributed by atoms with Gasteiger partial charge in [0.1, 0.15) is 5.82 Å². The zero-order valence-electron chi connectivity index (χ0n) is 15.4. The van der Waals surface area contributed by atoms with Crippen LogP contribution in [0.4, 0.5) is 4.39 Å². The van der Waals surface area contributed by atoms with E-state index in [0.29, 0.717) is 50.3 Å². The van der Waals surface area contributed by atoms with E-state index in [0.717, 1.165) is 25.7 Å². The number of hydrogen-bond donors (Lipinski definition) is 1. The fraction of sp³-hybridized carbons (Fsp3) is 0.579. The van der Waals surface area contributed by atoms with Crippen molar-refractivity contribution < 1.29 is 14.0 Å². The number of hydrogen-bond acceptors (Lipinski definition) is 3. The van der Waals surface area contributed by atoms with Gasteiger partial charge in [0.05, 0.1) is 0 Å². The number of halogens is 2. The molecule has 1 fully saturated rings. The molecule has 0 aliphatic carbocycles. The van der Waals surface area contributed by atoms with E-state index in [1.807, 2.05) is 4.90 Å². The average molecular weight is 386 g/mol. The highest BCUT2D eigenvalue weighted by Crippen LogP contribution is 2.14. The normalized spacial score (nSPS) is 14.1. The average Bonchev–Trinajstić information content (AvgIpc) is 2.63. The quantitative estimate of drug-likeness (QED) is 0.734. The van der Waals surface area contributed by atoms with Crippen LogP contribution in [0.3, 0.4) is 0 Å². The third kappa shape index (κ3) is 6.25. The van der Waals surface area contributed by atoms with E-state index >= 15 is 0 Å². The maximum Gasteiger partial charge on any atom is 0.254 e. The largest absolute Gasteiger partial charge is 0.339 e. The van der Waals surface area contributed by atoms with Gasteiger partial charge in [0.2, 0.25) is 5.91 Å². The fourth-order valence-corrected chi connectivity index (χ4v) is 3.00. The molecule has 146 valence electrons. The van der Waals surface area contributed by atoms with Crippen LogP contribution in [0.1, 0.15) is 48.0 Å². The highest BCUT2D eigenvalue weighted by Gasteiger charge is 2.24. The summed E-state index contributed by atoms with van der Waals surface area (Å²) in [6, 6.07) is 4.56. The molecular formula is C19H29ClFN3O2. The Kier molecular flexibility index (Phi) is 9.59. The fourth-order valence-electron chi connectivity index (χ4n) is 3.00. The van der Waals surface area contributed by atoms with E-state index in [2.05, 4.69) is 0 Å². The second kappa shape index (κ2) is 11.1. The third-order valence-corrected chi connectivity index (χ3v) is 4.68. The Bertz CT molecular complexity index is 604. The lowest BCUT2D eigenvalue weighted by Crippen LogP contribution is -2.50. The Morgan fingerprint density at radius 2 is 1.65 bits per heavy atom. The minimum atomic E-state index is -0.366. The van der Waals surface area contributed by atoms with Gasteiger partial charge in [-0.25, -0.2) is 4.39 Å². The number of benzene rings is 1.